The number of rotatable bonds is 4. The van der Waals surface area contributed by atoms with Crippen molar-refractivity contribution < 1.29 is 19.2 Å². The fourth-order valence-electron chi connectivity index (χ4n) is 3.88. The SMILES string of the molecule is C=CC(=O)N(O)c1ccc(-c2ccc(C(=O)N3CCN4CCC3CC4)o2)cc1. The topological polar surface area (TPSA) is 77.2 Å². The lowest BCUT2D eigenvalue weighted by Crippen LogP contribution is -2.41. The Balaban J connectivity index is 1.50. The molecule has 3 saturated heterocycles. The molecule has 0 spiro atoms. The Hall–Kier alpha value is -2.90. The fourth-order valence-corrected chi connectivity index (χ4v) is 3.88. The average Bonchev–Trinajstić information content (AvgIpc) is 3.05. The highest BCUT2D eigenvalue weighted by atomic mass is 16.5. The number of piperidine rings is 1. The first-order valence-electron chi connectivity index (χ1n) is 9.46. The number of furan rings is 1. The molecule has 0 aliphatic carbocycles. The molecule has 4 heterocycles. The molecule has 0 unspecified atom stereocenters. The minimum atomic E-state index is -0.610. The minimum absolute atomic E-state index is 0.0604. The molecule has 0 radical (unpaired) electrons. The van der Waals surface area contributed by atoms with Crippen LogP contribution in [0.25, 0.3) is 11.3 Å². The van der Waals surface area contributed by atoms with Crippen LogP contribution in [0.5, 0.6) is 0 Å². The van der Waals surface area contributed by atoms with Crippen molar-refractivity contribution in [1.82, 2.24) is 9.80 Å². The van der Waals surface area contributed by atoms with E-state index in [0.717, 1.165) is 50.7 Å². The summed E-state index contributed by atoms with van der Waals surface area (Å²) in [4.78, 5) is 28.8. The molecular weight excluding hydrogens is 358 g/mol. The zero-order valence-electron chi connectivity index (χ0n) is 15.6. The number of hydrogen-bond donors (Lipinski definition) is 1. The van der Waals surface area contributed by atoms with E-state index in [1.54, 1.807) is 36.4 Å². The third kappa shape index (κ3) is 3.46. The van der Waals surface area contributed by atoms with Crippen LogP contribution in [0.1, 0.15) is 23.4 Å². The summed E-state index contributed by atoms with van der Waals surface area (Å²) < 4.78 is 5.84. The molecule has 3 aliphatic rings. The Bertz CT molecular complexity index is 881. The van der Waals surface area contributed by atoms with Gasteiger partial charge in [0.1, 0.15) is 5.76 Å². The molecule has 2 bridgehead atoms. The number of anilines is 1. The van der Waals surface area contributed by atoms with Gasteiger partial charge >= 0.3 is 0 Å². The lowest BCUT2D eigenvalue weighted by Gasteiger charge is -2.30. The quantitative estimate of drug-likeness (QED) is 0.501. The summed E-state index contributed by atoms with van der Waals surface area (Å²) in [5.74, 6) is 0.235. The molecule has 3 aliphatic heterocycles. The van der Waals surface area contributed by atoms with Crippen LogP contribution < -0.4 is 5.06 Å². The van der Waals surface area contributed by atoms with Gasteiger partial charge in [0.05, 0.1) is 5.69 Å². The molecule has 7 nitrogen and oxygen atoms in total. The lowest BCUT2D eigenvalue weighted by atomic mass is 10.1. The average molecular weight is 381 g/mol. The number of benzene rings is 1. The minimum Gasteiger partial charge on any atom is -0.451 e. The first-order valence-corrected chi connectivity index (χ1v) is 9.46. The maximum Gasteiger partial charge on any atom is 0.289 e. The molecule has 7 heteroatoms. The smallest absolute Gasteiger partial charge is 0.289 e. The predicted molar refractivity (Wildman–Crippen MR) is 104 cm³/mol. The lowest BCUT2D eigenvalue weighted by molar-refractivity contribution is -0.118. The maximum atomic E-state index is 13.0. The third-order valence-corrected chi connectivity index (χ3v) is 5.51. The molecule has 2 aromatic rings. The van der Waals surface area contributed by atoms with E-state index >= 15 is 0 Å². The highest BCUT2D eigenvalue weighted by Gasteiger charge is 2.33. The summed E-state index contributed by atoms with van der Waals surface area (Å²) in [6.07, 6.45) is 3.06. The van der Waals surface area contributed by atoms with Crippen LogP contribution in [0.3, 0.4) is 0 Å². The van der Waals surface area contributed by atoms with Crippen LogP contribution in [0.15, 0.2) is 53.5 Å². The van der Waals surface area contributed by atoms with Crippen LogP contribution in [0, 0.1) is 0 Å². The van der Waals surface area contributed by atoms with Crippen molar-refractivity contribution in [2.24, 2.45) is 0 Å². The van der Waals surface area contributed by atoms with E-state index in [1.807, 2.05) is 4.90 Å². The summed E-state index contributed by atoms with van der Waals surface area (Å²) in [6.45, 7) is 7.11. The number of hydrogen-bond acceptors (Lipinski definition) is 5. The summed E-state index contributed by atoms with van der Waals surface area (Å²) in [5.41, 5.74) is 1.08. The molecular formula is C21H23N3O4. The van der Waals surface area contributed by atoms with Gasteiger partial charge < -0.3 is 14.2 Å². The van der Waals surface area contributed by atoms with E-state index < -0.39 is 5.91 Å². The van der Waals surface area contributed by atoms with E-state index in [0.29, 0.717) is 22.3 Å². The van der Waals surface area contributed by atoms with Crippen LogP contribution in [0.2, 0.25) is 0 Å². The van der Waals surface area contributed by atoms with Gasteiger partial charge in [-0.3, -0.25) is 14.8 Å². The second kappa shape index (κ2) is 7.61. The van der Waals surface area contributed by atoms with Gasteiger partial charge in [-0.25, -0.2) is 0 Å². The van der Waals surface area contributed by atoms with Crippen molar-refractivity contribution in [2.45, 2.75) is 18.9 Å². The van der Waals surface area contributed by atoms with Crippen molar-refractivity contribution in [3.8, 4) is 11.3 Å². The van der Waals surface area contributed by atoms with Crippen LogP contribution in [-0.2, 0) is 4.79 Å². The number of nitrogens with zero attached hydrogens (tertiary/aromatic N) is 3. The van der Waals surface area contributed by atoms with Crippen LogP contribution in [0.4, 0.5) is 5.69 Å². The van der Waals surface area contributed by atoms with E-state index in [2.05, 4.69) is 11.5 Å². The van der Waals surface area contributed by atoms with Gasteiger partial charge in [0.15, 0.2) is 5.76 Å². The highest BCUT2D eigenvalue weighted by Crippen LogP contribution is 2.27. The summed E-state index contributed by atoms with van der Waals surface area (Å²) in [6, 6.07) is 10.4. The maximum absolute atomic E-state index is 13.0. The summed E-state index contributed by atoms with van der Waals surface area (Å²) in [5, 5.41) is 10.3. The zero-order valence-corrected chi connectivity index (χ0v) is 15.6. The molecule has 1 aromatic carbocycles. The Morgan fingerprint density at radius 1 is 1.07 bits per heavy atom. The first kappa shape index (κ1) is 18.5. The van der Waals surface area contributed by atoms with Gasteiger partial charge in [-0.1, -0.05) is 6.58 Å². The van der Waals surface area contributed by atoms with Gasteiger partial charge in [-0.05, 0) is 55.3 Å². The predicted octanol–water partition coefficient (Wildman–Crippen LogP) is 2.78. The number of carbonyl (C=O) groups is 2. The van der Waals surface area contributed by atoms with Crippen molar-refractivity contribution in [1.29, 1.82) is 0 Å². The second-order valence-electron chi connectivity index (χ2n) is 7.14. The number of amides is 2. The van der Waals surface area contributed by atoms with Crippen molar-refractivity contribution >= 4 is 17.5 Å². The Morgan fingerprint density at radius 3 is 2.46 bits per heavy atom. The molecule has 2 amide bonds. The van der Waals surface area contributed by atoms with Crippen LogP contribution in [-0.4, -0.2) is 59.0 Å². The van der Waals surface area contributed by atoms with E-state index in [1.165, 1.54) is 0 Å². The summed E-state index contributed by atoms with van der Waals surface area (Å²) >= 11 is 0. The molecule has 5 rings (SSSR count). The molecule has 3 fully saturated rings. The summed E-state index contributed by atoms with van der Waals surface area (Å²) in [7, 11) is 0. The van der Waals surface area contributed by atoms with E-state index in [4.69, 9.17) is 4.42 Å². The molecule has 0 saturated carbocycles. The normalized spacial score (nSPS) is 21.2. The van der Waals surface area contributed by atoms with E-state index in [9.17, 15) is 14.8 Å². The monoisotopic (exact) mass is 381 g/mol. The number of carbonyl (C=O) groups excluding carboxylic acids is 2. The molecule has 1 N–H and O–H groups in total. The van der Waals surface area contributed by atoms with Gasteiger partial charge in [0.25, 0.3) is 11.8 Å². The highest BCUT2D eigenvalue weighted by molar-refractivity contribution is 5.99. The van der Waals surface area contributed by atoms with Gasteiger partial charge in [0.2, 0.25) is 0 Å². The van der Waals surface area contributed by atoms with Crippen LogP contribution >= 0.6 is 0 Å². The van der Waals surface area contributed by atoms with E-state index in [-0.39, 0.29) is 11.9 Å². The van der Waals surface area contributed by atoms with Gasteiger partial charge in [-0.2, -0.15) is 5.06 Å². The second-order valence-corrected chi connectivity index (χ2v) is 7.14. The Morgan fingerprint density at radius 2 is 1.79 bits per heavy atom. The van der Waals surface area contributed by atoms with Gasteiger partial charge in [-0.15, -0.1) is 0 Å². The largest absolute Gasteiger partial charge is 0.451 e. The Kier molecular flexibility index (Phi) is 5.02. The molecule has 1 aromatic heterocycles. The molecule has 28 heavy (non-hydrogen) atoms. The third-order valence-electron chi connectivity index (χ3n) is 5.51. The standard InChI is InChI=1S/C21H23N3O4/c1-2-20(25)24(27)17-5-3-15(4-6-17)18-7-8-19(28-18)21(26)23-14-13-22-11-9-16(23)10-12-22/h2-8,16,27H,1,9-14H2. The van der Waals surface area contributed by atoms with Crippen molar-refractivity contribution in [2.75, 3.05) is 31.2 Å². The van der Waals surface area contributed by atoms with Gasteiger partial charge in [0, 0.05) is 37.8 Å². The zero-order chi connectivity index (χ0) is 19.7. The number of hydroxylamine groups is 1. The van der Waals surface area contributed by atoms with Crippen molar-refractivity contribution in [3.63, 3.8) is 0 Å². The Labute approximate surface area is 163 Å². The molecule has 146 valence electrons. The number of fused-ring (bicyclic) bond motifs is 4. The van der Waals surface area contributed by atoms with Crippen molar-refractivity contribution in [3.05, 3.63) is 54.8 Å². The molecule has 0 atom stereocenters. The first-order chi connectivity index (χ1) is 13.6. The fraction of sp³-hybridized carbons (Fsp3) is 0.333.